The second-order valence-electron chi connectivity index (χ2n) is 1.91. The van der Waals surface area contributed by atoms with Gasteiger partial charge in [-0.25, -0.2) is 0 Å². The molecule has 0 radical (unpaired) electrons. The second-order valence-corrected chi connectivity index (χ2v) is 1.91. The standard InChI is InChI=1S/C9H8O.C2H6.CH4O/c10-8-4-7-9-5-2-1-3-6-9;2*1-2/h1-8H;1-2H3;2H,1H3/b7-4+;;. The van der Waals surface area contributed by atoms with Crippen LogP contribution in [-0.2, 0) is 4.79 Å². The van der Waals surface area contributed by atoms with E-state index in [-0.39, 0.29) is 0 Å². The van der Waals surface area contributed by atoms with Gasteiger partial charge in [0.25, 0.3) is 0 Å². The fourth-order valence-electron chi connectivity index (χ4n) is 0.715. The summed E-state index contributed by atoms with van der Waals surface area (Å²) >= 11 is 0. The number of hydrogen-bond acceptors (Lipinski definition) is 2. The van der Waals surface area contributed by atoms with E-state index in [0.29, 0.717) is 0 Å². The van der Waals surface area contributed by atoms with Gasteiger partial charge in [0.2, 0.25) is 0 Å². The van der Waals surface area contributed by atoms with Crippen LogP contribution < -0.4 is 0 Å². The number of carbonyl (C=O) groups is 1. The Morgan fingerprint density at radius 3 is 2.00 bits per heavy atom. The summed E-state index contributed by atoms with van der Waals surface area (Å²) in [6, 6.07) is 9.70. The summed E-state index contributed by atoms with van der Waals surface area (Å²) in [5, 5.41) is 7.00. The third-order valence-electron chi connectivity index (χ3n) is 1.17. The lowest BCUT2D eigenvalue weighted by atomic mass is 10.2. The van der Waals surface area contributed by atoms with E-state index >= 15 is 0 Å². The van der Waals surface area contributed by atoms with Crippen LogP contribution in [0.5, 0.6) is 0 Å². The predicted molar refractivity (Wildman–Crippen MR) is 61.0 cm³/mol. The minimum Gasteiger partial charge on any atom is -0.400 e. The van der Waals surface area contributed by atoms with Crippen molar-refractivity contribution in [3.8, 4) is 0 Å². The van der Waals surface area contributed by atoms with Crippen LogP contribution in [0.15, 0.2) is 36.4 Å². The van der Waals surface area contributed by atoms with Crippen LogP contribution in [0.25, 0.3) is 6.08 Å². The Morgan fingerprint density at radius 1 is 1.07 bits per heavy atom. The minimum atomic E-state index is 0.771. The highest BCUT2D eigenvalue weighted by Crippen LogP contribution is 1.99. The Hall–Kier alpha value is -1.41. The molecule has 78 valence electrons. The highest BCUT2D eigenvalue weighted by Gasteiger charge is 1.79. The number of hydrogen-bond donors (Lipinski definition) is 1. The van der Waals surface area contributed by atoms with Crippen molar-refractivity contribution in [2.24, 2.45) is 0 Å². The van der Waals surface area contributed by atoms with Crippen molar-refractivity contribution in [3.05, 3.63) is 42.0 Å². The molecule has 1 aromatic rings. The Balaban J connectivity index is 0. The van der Waals surface area contributed by atoms with Crippen LogP contribution >= 0.6 is 0 Å². The molecule has 0 unspecified atom stereocenters. The molecule has 1 N–H and O–H groups in total. The molecule has 0 amide bonds. The lowest BCUT2D eigenvalue weighted by molar-refractivity contribution is -0.104. The number of carbonyl (C=O) groups excluding carboxylic acids is 1. The first-order chi connectivity index (χ1) is 6.93. The minimum absolute atomic E-state index is 0.771. The van der Waals surface area contributed by atoms with Crippen molar-refractivity contribution in [3.63, 3.8) is 0 Å². The van der Waals surface area contributed by atoms with E-state index in [1.165, 1.54) is 6.08 Å². The molecule has 0 fully saturated rings. The molecule has 0 spiro atoms. The highest BCUT2D eigenvalue weighted by molar-refractivity contribution is 5.73. The molecule has 0 bridgehead atoms. The predicted octanol–water partition coefficient (Wildman–Crippen LogP) is 2.53. The smallest absolute Gasteiger partial charge is 0.142 e. The van der Waals surface area contributed by atoms with Crippen molar-refractivity contribution < 1.29 is 9.90 Å². The van der Waals surface area contributed by atoms with Gasteiger partial charge in [0.15, 0.2) is 0 Å². The Bertz CT molecular complexity index is 227. The van der Waals surface area contributed by atoms with E-state index in [9.17, 15) is 4.79 Å². The zero-order valence-electron chi connectivity index (χ0n) is 8.97. The molecule has 2 heteroatoms. The summed E-state index contributed by atoms with van der Waals surface area (Å²) in [5.74, 6) is 0. The number of aldehydes is 1. The summed E-state index contributed by atoms with van der Waals surface area (Å²) in [5.41, 5.74) is 1.05. The van der Waals surface area contributed by atoms with Gasteiger partial charge in [0, 0.05) is 7.11 Å². The van der Waals surface area contributed by atoms with E-state index in [1.807, 2.05) is 44.2 Å². The van der Waals surface area contributed by atoms with Crippen LogP contribution in [0.4, 0.5) is 0 Å². The largest absolute Gasteiger partial charge is 0.400 e. The quantitative estimate of drug-likeness (QED) is 0.580. The molecule has 1 rings (SSSR count). The lowest BCUT2D eigenvalue weighted by Crippen LogP contribution is -1.67. The first-order valence-electron chi connectivity index (χ1n) is 4.55. The fourth-order valence-corrected chi connectivity index (χ4v) is 0.715. The third-order valence-corrected chi connectivity index (χ3v) is 1.17. The summed E-state index contributed by atoms with van der Waals surface area (Å²) < 4.78 is 0. The summed E-state index contributed by atoms with van der Waals surface area (Å²) in [6.07, 6.45) is 4.02. The maximum atomic E-state index is 9.89. The monoisotopic (exact) mass is 194 g/mol. The van der Waals surface area contributed by atoms with E-state index in [2.05, 4.69) is 0 Å². The number of allylic oxidation sites excluding steroid dienone is 1. The van der Waals surface area contributed by atoms with Crippen LogP contribution in [0.1, 0.15) is 19.4 Å². The molecule has 0 saturated heterocycles. The Kier molecular flexibility index (Phi) is 15.2. The first-order valence-corrected chi connectivity index (χ1v) is 4.55. The molecular formula is C12H18O2. The normalized spacial score (nSPS) is 8.00. The average molecular weight is 194 g/mol. The Labute approximate surface area is 85.9 Å². The number of aliphatic hydroxyl groups is 1. The van der Waals surface area contributed by atoms with Gasteiger partial charge in [0.1, 0.15) is 6.29 Å². The van der Waals surface area contributed by atoms with Crippen LogP contribution in [0.3, 0.4) is 0 Å². The van der Waals surface area contributed by atoms with E-state index < -0.39 is 0 Å². The number of aliphatic hydroxyl groups excluding tert-OH is 1. The molecule has 0 aliphatic heterocycles. The maximum Gasteiger partial charge on any atom is 0.142 e. The van der Waals surface area contributed by atoms with Gasteiger partial charge in [0.05, 0.1) is 0 Å². The van der Waals surface area contributed by atoms with Gasteiger partial charge in [-0.1, -0.05) is 50.3 Å². The average Bonchev–Trinajstić information content (AvgIpc) is 2.33. The fraction of sp³-hybridized carbons (Fsp3) is 0.250. The van der Waals surface area contributed by atoms with E-state index in [4.69, 9.17) is 5.11 Å². The van der Waals surface area contributed by atoms with E-state index in [1.54, 1.807) is 6.08 Å². The highest BCUT2D eigenvalue weighted by atomic mass is 16.2. The molecular weight excluding hydrogens is 176 g/mol. The van der Waals surface area contributed by atoms with Gasteiger partial charge in [-0.15, -0.1) is 0 Å². The number of rotatable bonds is 2. The number of benzene rings is 1. The second kappa shape index (κ2) is 14.1. The lowest BCUT2D eigenvalue weighted by Gasteiger charge is -1.86. The van der Waals surface area contributed by atoms with Crippen molar-refractivity contribution in [2.45, 2.75) is 13.8 Å². The summed E-state index contributed by atoms with van der Waals surface area (Å²) in [6.45, 7) is 4.00. The van der Waals surface area contributed by atoms with Gasteiger partial charge < -0.3 is 5.11 Å². The molecule has 1 aromatic carbocycles. The van der Waals surface area contributed by atoms with Crippen LogP contribution in [0, 0.1) is 0 Å². The van der Waals surface area contributed by atoms with Crippen molar-refractivity contribution in [1.29, 1.82) is 0 Å². The third kappa shape index (κ3) is 8.68. The summed E-state index contributed by atoms with van der Waals surface area (Å²) in [7, 11) is 1.00. The first kappa shape index (κ1) is 15.1. The topological polar surface area (TPSA) is 37.3 Å². The molecule has 0 heterocycles. The van der Waals surface area contributed by atoms with Crippen LogP contribution in [-0.4, -0.2) is 18.5 Å². The molecule has 14 heavy (non-hydrogen) atoms. The van der Waals surface area contributed by atoms with Crippen molar-refractivity contribution in [1.82, 2.24) is 0 Å². The molecule has 0 saturated carbocycles. The van der Waals surface area contributed by atoms with E-state index in [0.717, 1.165) is 19.0 Å². The molecule has 2 nitrogen and oxygen atoms in total. The molecule has 0 aromatic heterocycles. The van der Waals surface area contributed by atoms with Crippen LogP contribution in [0.2, 0.25) is 0 Å². The van der Waals surface area contributed by atoms with Gasteiger partial charge in [-0.05, 0) is 11.6 Å². The zero-order valence-corrected chi connectivity index (χ0v) is 8.97. The van der Waals surface area contributed by atoms with Gasteiger partial charge in [-0.3, -0.25) is 4.79 Å². The molecule has 0 atom stereocenters. The molecule has 0 aliphatic rings. The summed E-state index contributed by atoms with van der Waals surface area (Å²) in [4.78, 5) is 9.89. The Morgan fingerprint density at radius 2 is 1.57 bits per heavy atom. The van der Waals surface area contributed by atoms with Crippen molar-refractivity contribution >= 4 is 12.4 Å². The zero-order chi connectivity index (χ0) is 11.2. The van der Waals surface area contributed by atoms with Gasteiger partial charge >= 0.3 is 0 Å². The maximum absolute atomic E-state index is 9.89. The van der Waals surface area contributed by atoms with Crippen molar-refractivity contribution in [2.75, 3.05) is 7.11 Å². The molecule has 0 aliphatic carbocycles. The SMILES string of the molecule is CC.CO.O=C/C=C/c1ccccc1. The van der Waals surface area contributed by atoms with Gasteiger partial charge in [-0.2, -0.15) is 0 Å².